The fraction of sp³-hybridized carbons (Fsp3) is 0.909. The van der Waals surface area contributed by atoms with E-state index in [2.05, 4.69) is 11.9 Å². The summed E-state index contributed by atoms with van der Waals surface area (Å²) >= 11 is 0. The first-order chi connectivity index (χ1) is 7.27. The highest BCUT2D eigenvalue weighted by molar-refractivity contribution is 5.79. The van der Waals surface area contributed by atoms with Crippen molar-refractivity contribution in [2.75, 3.05) is 46.4 Å². The van der Waals surface area contributed by atoms with Crippen molar-refractivity contribution in [1.29, 1.82) is 0 Å². The van der Waals surface area contributed by atoms with Crippen molar-refractivity contribution >= 4 is 5.91 Å². The maximum atomic E-state index is 12.1. The molecule has 2 rings (SSSR count). The zero-order valence-corrected chi connectivity index (χ0v) is 9.45. The second kappa shape index (κ2) is 4.94. The molecule has 0 bridgehead atoms. The first kappa shape index (κ1) is 10.9. The fourth-order valence-electron chi connectivity index (χ4n) is 2.41. The van der Waals surface area contributed by atoms with Crippen LogP contribution in [-0.4, -0.2) is 62.1 Å². The van der Waals surface area contributed by atoms with Crippen molar-refractivity contribution in [2.45, 2.75) is 12.8 Å². The Morgan fingerprint density at radius 3 is 2.67 bits per heavy atom. The minimum atomic E-state index is 0.224. The van der Waals surface area contributed by atoms with Gasteiger partial charge in [-0.1, -0.05) is 0 Å². The minimum Gasteiger partial charge on any atom is -0.378 e. The number of piperidine rings is 1. The summed E-state index contributed by atoms with van der Waals surface area (Å²) in [6.45, 7) is 5.02. The van der Waals surface area contributed by atoms with Gasteiger partial charge in [-0.2, -0.15) is 0 Å². The SMILES string of the molecule is CN1CCC[C@H](C(=O)N2CCOCC2)C1. The zero-order chi connectivity index (χ0) is 10.7. The van der Waals surface area contributed by atoms with Gasteiger partial charge < -0.3 is 14.5 Å². The quantitative estimate of drug-likeness (QED) is 0.622. The van der Waals surface area contributed by atoms with Gasteiger partial charge in [0.1, 0.15) is 0 Å². The van der Waals surface area contributed by atoms with E-state index in [0.717, 1.165) is 39.0 Å². The van der Waals surface area contributed by atoms with Gasteiger partial charge in [0.05, 0.1) is 19.1 Å². The summed E-state index contributed by atoms with van der Waals surface area (Å²) < 4.78 is 5.25. The van der Waals surface area contributed by atoms with Crippen molar-refractivity contribution in [3.63, 3.8) is 0 Å². The molecule has 0 N–H and O–H groups in total. The predicted molar refractivity (Wildman–Crippen MR) is 57.6 cm³/mol. The molecule has 4 heteroatoms. The molecule has 0 aromatic heterocycles. The first-order valence-corrected chi connectivity index (χ1v) is 5.82. The van der Waals surface area contributed by atoms with Crippen molar-refractivity contribution in [3.05, 3.63) is 0 Å². The van der Waals surface area contributed by atoms with Gasteiger partial charge in [0.2, 0.25) is 5.91 Å². The molecule has 0 radical (unpaired) electrons. The molecule has 0 aromatic rings. The second-order valence-corrected chi connectivity index (χ2v) is 4.54. The Bertz CT molecular complexity index is 227. The molecule has 0 aliphatic carbocycles. The maximum absolute atomic E-state index is 12.1. The molecule has 2 saturated heterocycles. The lowest BCUT2D eigenvalue weighted by molar-refractivity contribution is -0.141. The predicted octanol–water partition coefficient (Wildman–Crippen LogP) is 0.187. The van der Waals surface area contributed by atoms with E-state index in [4.69, 9.17) is 4.74 Å². The molecule has 2 aliphatic rings. The molecule has 4 nitrogen and oxygen atoms in total. The minimum absolute atomic E-state index is 0.224. The number of carbonyl (C=O) groups is 1. The van der Waals surface area contributed by atoms with Crippen molar-refractivity contribution in [1.82, 2.24) is 9.80 Å². The Hall–Kier alpha value is -0.610. The van der Waals surface area contributed by atoms with E-state index in [9.17, 15) is 4.79 Å². The van der Waals surface area contributed by atoms with E-state index >= 15 is 0 Å². The van der Waals surface area contributed by atoms with Crippen LogP contribution in [0, 0.1) is 5.92 Å². The Balaban J connectivity index is 1.88. The molecule has 0 unspecified atom stereocenters. The van der Waals surface area contributed by atoms with Gasteiger partial charge in [0.15, 0.2) is 0 Å². The number of nitrogens with zero attached hydrogens (tertiary/aromatic N) is 2. The Kier molecular flexibility index (Phi) is 3.59. The van der Waals surface area contributed by atoms with Gasteiger partial charge >= 0.3 is 0 Å². The van der Waals surface area contributed by atoms with Crippen molar-refractivity contribution in [2.24, 2.45) is 5.92 Å². The molecule has 15 heavy (non-hydrogen) atoms. The van der Waals surface area contributed by atoms with E-state index in [0.29, 0.717) is 19.1 Å². The number of rotatable bonds is 1. The summed E-state index contributed by atoms with van der Waals surface area (Å²) in [5.41, 5.74) is 0. The third kappa shape index (κ3) is 2.69. The van der Waals surface area contributed by atoms with Crippen LogP contribution in [0.2, 0.25) is 0 Å². The molecule has 2 heterocycles. The van der Waals surface area contributed by atoms with Crippen LogP contribution in [-0.2, 0) is 9.53 Å². The van der Waals surface area contributed by atoms with Gasteiger partial charge in [0, 0.05) is 19.6 Å². The van der Waals surface area contributed by atoms with Crippen LogP contribution < -0.4 is 0 Å². The second-order valence-electron chi connectivity index (χ2n) is 4.54. The molecule has 0 aromatic carbocycles. The molecular formula is C11H20N2O2. The number of morpholine rings is 1. The van der Waals surface area contributed by atoms with E-state index in [1.54, 1.807) is 0 Å². The third-order valence-electron chi connectivity index (χ3n) is 3.30. The van der Waals surface area contributed by atoms with Gasteiger partial charge in [-0.3, -0.25) is 4.79 Å². The molecule has 2 fully saturated rings. The highest BCUT2D eigenvalue weighted by atomic mass is 16.5. The number of hydrogen-bond acceptors (Lipinski definition) is 3. The van der Waals surface area contributed by atoms with E-state index < -0.39 is 0 Å². The Morgan fingerprint density at radius 1 is 1.27 bits per heavy atom. The average molecular weight is 212 g/mol. The number of hydrogen-bond donors (Lipinski definition) is 0. The zero-order valence-electron chi connectivity index (χ0n) is 9.45. The van der Waals surface area contributed by atoms with Crippen LogP contribution in [0.25, 0.3) is 0 Å². The Labute approximate surface area is 91.2 Å². The highest BCUT2D eigenvalue weighted by Crippen LogP contribution is 2.18. The summed E-state index contributed by atoms with van der Waals surface area (Å²) in [4.78, 5) is 16.4. The van der Waals surface area contributed by atoms with E-state index in [-0.39, 0.29) is 5.92 Å². The summed E-state index contributed by atoms with van der Waals surface area (Å²) in [6, 6.07) is 0. The van der Waals surface area contributed by atoms with Crippen LogP contribution in [0.4, 0.5) is 0 Å². The highest BCUT2D eigenvalue weighted by Gasteiger charge is 2.28. The molecule has 86 valence electrons. The van der Waals surface area contributed by atoms with Crippen LogP contribution in [0.15, 0.2) is 0 Å². The smallest absolute Gasteiger partial charge is 0.227 e. The standard InChI is InChI=1S/C11H20N2O2/c1-12-4-2-3-10(9-12)11(14)13-5-7-15-8-6-13/h10H,2-9H2,1H3/t10-/m0/s1. The van der Waals surface area contributed by atoms with Crippen LogP contribution in [0.1, 0.15) is 12.8 Å². The molecule has 0 saturated carbocycles. The summed E-state index contributed by atoms with van der Waals surface area (Å²) in [5, 5.41) is 0. The van der Waals surface area contributed by atoms with Gasteiger partial charge in [-0.15, -0.1) is 0 Å². The molecule has 1 atom stereocenters. The van der Waals surface area contributed by atoms with Gasteiger partial charge in [-0.25, -0.2) is 0 Å². The van der Waals surface area contributed by atoms with E-state index in [1.807, 2.05) is 4.90 Å². The van der Waals surface area contributed by atoms with Crippen LogP contribution in [0.5, 0.6) is 0 Å². The number of ether oxygens (including phenoxy) is 1. The summed E-state index contributed by atoms with van der Waals surface area (Å²) in [5.74, 6) is 0.562. The van der Waals surface area contributed by atoms with Crippen LogP contribution >= 0.6 is 0 Å². The van der Waals surface area contributed by atoms with E-state index in [1.165, 1.54) is 0 Å². The fourth-order valence-corrected chi connectivity index (χ4v) is 2.41. The molecule has 0 spiro atoms. The number of amides is 1. The number of carbonyl (C=O) groups excluding carboxylic acids is 1. The lowest BCUT2D eigenvalue weighted by atomic mass is 9.97. The summed E-state index contributed by atoms with van der Waals surface area (Å²) in [6.07, 6.45) is 2.21. The molecule has 2 aliphatic heterocycles. The molecule has 1 amide bonds. The monoisotopic (exact) mass is 212 g/mol. The van der Waals surface area contributed by atoms with Crippen molar-refractivity contribution in [3.8, 4) is 0 Å². The lowest BCUT2D eigenvalue weighted by Crippen LogP contribution is -2.47. The third-order valence-corrected chi connectivity index (χ3v) is 3.30. The first-order valence-electron chi connectivity index (χ1n) is 5.82. The van der Waals surface area contributed by atoms with Crippen molar-refractivity contribution < 1.29 is 9.53 Å². The lowest BCUT2D eigenvalue weighted by Gasteiger charge is -2.34. The topological polar surface area (TPSA) is 32.8 Å². The largest absolute Gasteiger partial charge is 0.378 e. The Morgan fingerprint density at radius 2 is 2.00 bits per heavy atom. The van der Waals surface area contributed by atoms with Crippen LogP contribution in [0.3, 0.4) is 0 Å². The van der Waals surface area contributed by atoms with Gasteiger partial charge in [-0.05, 0) is 26.4 Å². The maximum Gasteiger partial charge on any atom is 0.227 e. The normalized spacial score (nSPS) is 29.1. The summed E-state index contributed by atoms with van der Waals surface area (Å²) in [7, 11) is 2.10. The average Bonchev–Trinajstić information content (AvgIpc) is 2.29. The molecular weight excluding hydrogens is 192 g/mol. The van der Waals surface area contributed by atoms with Gasteiger partial charge in [0.25, 0.3) is 0 Å². The number of likely N-dealkylation sites (tertiary alicyclic amines) is 1.